The van der Waals surface area contributed by atoms with Gasteiger partial charge in [0.15, 0.2) is 0 Å². The average molecular weight is 428 g/mol. The number of nitrogens with zero attached hydrogens (tertiary/aromatic N) is 2. The van der Waals surface area contributed by atoms with Crippen LogP contribution in [0.2, 0.25) is 0 Å². The van der Waals surface area contributed by atoms with E-state index in [1.807, 2.05) is 23.1 Å². The number of piperidine rings is 1. The Bertz CT molecular complexity index is 819. The van der Waals surface area contributed by atoms with Crippen LogP contribution in [0.25, 0.3) is 0 Å². The number of carbonyl (C=O) groups excluding carboxylic acids is 3. The molecule has 168 valence electrons. The fraction of sp³-hybridized carbons (Fsp3) is 0.625. The Balaban J connectivity index is 1.36. The van der Waals surface area contributed by atoms with Crippen LogP contribution in [-0.2, 0) is 20.7 Å². The van der Waals surface area contributed by atoms with Crippen LogP contribution in [0.15, 0.2) is 24.3 Å². The molecule has 0 spiro atoms. The van der Waals surface area contributed by atoms with Crippen molar-refractivity contribution in [2.75, 3.05) is 31.1 Å². The molecule has 0 radical (unpaired) electrons. The van der Waals surface area contributed by atoms with E-state index in [1.165, 1.54) is 5.56 Å². The van der Waals surface area contributed by atoms with E-state index >= 15 is 0 Å². The first kappa shape index (κ1) is 21.7. The molecule has 4 rings (SSSR count). The van der Waals surface area contributed by atoms with Crippen LogP contribution in [0.3, 0.4) is 0 Å². The molecule has 0 aromatic heterocycles. The molecule has 31 heavy (non-hydrogen) atoms. The minimum atomic E-state index is -0.281. The maximum Gasteiger partial charge on any atom is 0.409 e. The van der Waals surface area contributed by atoms with Crippen LogP contribution < -0.4 is 10.2 Å². The third-order valence-electron chi connectivity index (χ3n) is 6.94. The molecule has 2 fully saturated rings. The molecule has 2 heterocycles. The van der Waals surface area contributed by atoms with Gasteiger partial charge in [-0.25, -0.2) is 4.79 Å². The molecule has 2 atom stereocenters. The molecular formula is C24H33N3O4. The first-order valence-corrected chi connectivity index (χ1v) is 11.7. The van der Waals surface area contributed by atoms with Gasteiger partial charge in [0, 0.05) is 37.3 Å². The summed E-state index contributed by atoms with van der Waals surface area (Å²) in [5.74, 6) is -0.418. The van der Waals surface area contributed by atoms with Crippen LogP contribution in [0.1, 0.15) is 51.0 Å². The third kappa shape index (κ3) is 4.70. The fourth-order valence-corrected chi connectivity index (χ4v) is 5.24. The van der Waals surface area contributed by atoms with E-state index < -0.39 is 0 Å². The zero-order valence-corrected chi connectivity index (χ0v) is 18.3. The molecule has 2 aliphatic heterocycles. The number of amides is 3. The molecular weight excluding hydrogens is 394 g/mol. The van der Waals surface area contributed by atoms with Gasteiger partial charge in [-0.2, -0.15) is 0 Å². The Labute approximate surface area is 184 Å². The predicted octanol–water partition coefficient (Wildman–Crippen LogP) is 3.12. The monoisotopic (exact) mass is 427 g/mol. The maximum atomic E-state index is 13.4. The van der Waals surface area contributed by atoms with E-state index in [4.69, 9.17) is 4.74 Å². The number of ether oxygens (including phenoxy) is 1. The number of para-hydroxylation sites is 1. The molecule has 3 amide bonds. The topological polar surface area (TPSA) is 79.0 Å². The summed E-state index contributed by atoms with van der Waals surface area (Å²) < 4.78 is 5.06. The van der Waals surface area contributed by atoms with E-state index in [-0.39, 0.29) is 35.8 Å². The minimum Gasteiger partial charge on any atom is -0.450 e. The van der Waals surface area contributed by atoms with E-state index in [9.17, 15) is 14.4 Å². The van der Waals surface area contributed by atoms with E-state index in [0.29, 0.717) is 26.2 Å². The molecule has 2 unspecified atom stereocenters. The second-order valence-corrected chi connectivity index (χ2v) is 8.83. The van der Waals surface area contributed by atoms with Gasteiger partial charge in [0.05, 0.1) is 12.5 Å². The SMILES string of the molecule is CCOC(=O)N1CCC(NC(=O)C2CCCCC2C(=O)N2CCc3ccccc32)CC1. The lowest BCUT2D eigenvalue weighted by Crippen LogP contribution is -2.50. The Morgan fingerprint density at radius 1 is 1.00 bits per heavy atom. The summed E-state index contributed by atoms with van der Waals surface area (Å²) in [6.07, 6.45) is 5.55. The van der Waals surface area contributed by atoms with Crippen LogP contribution >= 0.6 is 0 Å². The Morgan fingerprint density at radius 2 is 1.71 bits per heavy atom. The van der Waals surface area contributed by atoms with Crippen LogP contribution in [0.5, 0.6) is 0 Å². The van der Waals surface area contributed by atoms with Gasteiger partial charge in [-0.05, 0) is 50.7 Å². The maximum absolute atomic E-state index is 13.4. The molecule has 3 aliphatic rings. The zero-order chi connectivity index (χ0) is 21.8. The van der Waals surface area contributed by atoms with Gasteiger partial charge in [-0.15, -0.1) is 0 Å². The van der Waals surface area contributed by atoms with Crippen LogP contribution in [0, 0.1) is 11.8 Å². The molecule has 1 saturated carbocycles. The molecule has 1 aromatic carbocycles. The highest BCUT2D eigenvalue weighted by atomic mass is 16.6. The van der Waals surface area contributed by atoms with Crippen LogP contribution in [-0.4, -0.2) is 55.1 Å². The number of nitrogens with one attached hydrogen (secondary N) is 1. The molecule has 7 heteroatoms. The molecule has 0 bridgehead atoms. The summed E-state index contributed by atoms with van der Waals surface area (Å²) in [5, 5.41) is 3.19. The number of rotatable bonds is 4. The predicted molar refractivity (Wildman–Crippen MR) is 118 cm³/mol. The van der Waals surface area contributed by atoms with Gasteiger partial charge in [0.1, 0.15) is 0 Å². The van der Waals surface area contributed by atoms with Crippen molar-refractivity contribution in [2.24, 2.45) is 11.8 Å². The van der Waals surface area contributed by atoms with Crippen molar-refractivity contribution in [1.82, 2.24) is 10.2 Å². The van der Waals surface area contributed by atoms with Gasteiger partial charge in [0.2, 0.25) is 11.8 Å². The highest BCUT2D eigenvalue weighted by Gasteiger charge is 2.40. The summed E-state index contributed by atoms with van der Waals surface area (Å²) >= 11 is 0. The molecule has 1 aliphatic carbocycles. The van der Waals surface area contributed by atoms with Crippen LogP contribution in [0.4, 0.5) is 10.5 Å². The smallest absolute Gasteiger partial charge is 0.409 e. The van der Waals surface area contributed by atoms with Gasteiger partial charge >= 0.3 is 6.09 Å². The summed E-state index contributed by atoms with van der Waals surface area (Å²) in [6.45, 7) is 4.04. The summed E-state index contributed by atoms with van der Waals surface area (Å²) in [6, 6.07) is 8.12. The van der Waals surface area contributed by atoms with Gasteiger partial charge in [-0.3, -0.25) is 9.59 Å². The van der Waals surface area contributed by atoms with Crippen molar-refractivity contribution in [3.8, 4) is 0 Å². The second-order valence-electron chi connectivity index (χ2n) is 8.83. The van der Waals surface area contributed by atoms with Crippen molar-refractivity contribution in [3.63, 3.8) is 0 Å². The number of anilines is 1. The van der Waals surface area contributed by atoms with Gasteiger partial charge < -0.3 is 19.9 Å². The van der Waals surface area contributed by atoms with Gasteiger partial charge in [0.25, 0.3) is 0 Å². The van der Waals surface area contributed by atoms with Crippen molar-refractivity contribution < 1.29 is 19.1 Å². The first-order valence-electron chi connectivity index (χ1n) is 11.7. The Morgan fingerprint density at radius 3 is 2.45 bits per heavy atom. The number of hydrogen-bond acceptors (Lipinski definition) is 4. The van der Waals surface area contributed by atoms with Crippen molar-refractivity contribution in [3.05, 3.63) is 29.8 Å². The highest BCUT2D eigenvalue weighted by molar-refractivity contribution is 5.99. The minimum absolute atomic E-state index is 0.000108. The fourth-order valence-electron chi connectivity index (χ4n) is 5.24. The third-order valence-corrected chi connectivity index (χ3v) is 6.94. The molecule has 1 saturated heterocycles. The summed E-state index contributed by atoms with van der Waals surface area (Å²) in [5.41, 5.74) is 2.21. The van der Waals surface area contributed by atoms with Crippen molar-refractivity contribution >= 4 is 23.6 Å². The standard InChI is InChI=1S/C24H33N3O4/c1-2-31-24(30)26-14-12-18(13-15-26)25-22(28)19-8-4-5-9-20(19)23(29)27-16-11-17-7-3-6-10-21(17)27/h3,6-7,10,18-20H,2,4-5,8-9,11-16H2,1H3,(H,25,28). The van der Waals surface area contributed by atoms with E-state index in [2.05, 4.69) is 11.4 Å². The first-order chi connectivity index (χ1) is 15.1. The number of fused-ring (bicyclic) bond motifs is 1. The second kappa shape index (κ2) is 9.71. The van der Waals surface area contributed by atoms with Crippen molar-refractivity contribution in [1.29, 1.82) is 0 Å². The summed E-state index contributed by atoms with van der Waals surface area (Å²) in [7, 11) is 0. The van der Waals surface area contributed by atoms with Gasteiger partial charge in [-0.1, -0.05) is 31.0 Å². The quantitative estimate of drug-likeness (QED) is 0.801. The Hall–Kier alpha value is -2.57. The van der Waals surface area contributed by atoms with E-state index in [1.54, 1.807) is 11.8 Å². The zero-order valence-electron chi connectivity index (χ0n) is 18.3. The molecule has 1 N–H and O–H groups in total. The lowest BCUT2D eigenvalue weighted by molar-refractivity contribution is -0.135. The number of carbonyl (C=O) groups is 3. The van der Waals surface area contributed by atoms with E-state index in [0.717, 1.165) is 50.6 Å². The number of hydrogen-bond donors (Lipinski definition) is 1. The number of benzene rings is 1. The Kier molecular flexibility index (Phi) is 6.78. The molecule has 7 nitrogen and oxygen atoms in total. The summed E-state index contributed by atoms with van der Waals surface area (Å²) in [4.78, 5) is 42.1. The lowest BCUT2D eigenvalue weighted by Gasteiger charge is -2.35. The van der Waals surface area contributed by atoms with Crippen molar-refractivity contribution in [2.45, 2.75) is 57.9 Å². The average Bonchev–Trinajstić information content (AvgIpc) is 3.23. The normalized spacial score (nSPS) is 23.9. The largest absolute Gasteiger partial charge is 0.450 e. The highest BCUT2D eigenvalue weighted by Crippen LogP contribution is 2.36. The lowest BCUT2D eigenvalue weighted by atomic mass is 9.77. The number of likely N-dealkylation sites (tertiary alicyclic amines) is 1. The molecule has 1 aromatic rings.